The smallest absolute Gasteiger partial charge is 0.178 e. The van der Waals surface area contributed by atoms with Crippen molar-refractivity contribution in [2.24, 2.45) is 5.92 Å². The molecule has 1 unspecified atom stereocenters. The van der Waals surface area contributed by atoms with E-state index < -0.39 is 0 Å². The highest BCUT2D eigenvalue weighted by molar-refractivity contribution is 5.69. The lowest BCUT2D eigenvalue weighted by Crippen LogP contribution is -2.41. The summed E-state index contributed by atoms with van der Waals surface area (Å²) in [5.74, 6) is 4.71. The predicted molar refractivity (Wildman–Crippen MR) is 137 cm³/mol. The van der Waals surface area contributed by atoms with Crippen LogP contribution in [-0.4, -0.2) is 61.1 Å². The maximum absolute atomic E-state index is 6.42. The van der Waals surface area contributed by atoms with Gasteiger partial charge in [0, 0.05) is 24.3 Å². The lowest BCUT2D eigenvalue weighted by atomic mass is 9.91. The molecule has 0 bridgehead atoms. The van der Waals surface area contributed by atoms with Crippen molar-refractivity contribution in [3.63, 3.8) is 0 Å². The van der Waals surface area contributed by atoms with E-state index in [1.165, 1.54) is 12.8 Å². The molecule has 1 saturated heterocycles. The second kappa shape index (κ2) is 9.64. The third-order valence-electron chi connectivity index (χ3n) is 7.31. The van der Waals surface area contributed by atoms with Crippen LogP contribution >= 0.6 is 0 Å². The van der Waals surface area contributed by atoms with Gasteiger partial charge in [0.05, 0.1) is 18.2 Å². The summed E-state index contributed by atoms with van der Waals surface area (Å²) >= 11 is 0. The fourth-order valence-corrected chi connectivity index (χ4v) is 5.22. The molecule has 0 spiro atoms. The molecule has 2 aromatic heterocycles. The van der Waals surface area contributed by atoms with Crippen LogP contribution in [0, 0.1) is 12.8 Å². The number of ether oxygens (including phenoxy) is 2. The van der Waals surface area contributed by atoms with E-state index in [0.717, 1.165) is 59.9 Å². The maximum atomic E-state index is 6.42. The second-order valence-corrected chi connectivity index (χ2v) is 10.5. The summed E-state index contributed by atoms with van der Waals surface area (Å²) in [6.07, 6.45) is 4.60. The number of hydrogen-bond donors (Lipinski definition) is 0. The van der Waals surface area contributed by atoms with E-state index in [1.807, 2.05) is 23.7 Å². The van der Waals surface area contributed by atoms with Gasteiger partial charge in [0.15, 0.2) is 5.82 Å². The minimum atomic E-state index is 0.173. The highest BCUT2D eigenvalue weighted by Crippen LogP contribution is 2.37. The van der Waals surface area contributed by atoms with Crippen molar-refractivity contribution < 1.29 is 9.47 Å². The first-order valence-electron chi connectivity index (χ1n) is 13.0. The van der Waals surface area contributed by atoms with Gasteiger partial charge in [-0.15, -0.1) is 0 Å². The first-order chi connectivity index (χ1) is 16.8. The molecule has 188 valence electrons. The van der Waals surface area contributed by atoms with E-state index in [1.54, 1.807) is 0 Å². The van der Waals surface area contributed by atoms with E-state index in [2.05, 4.69) is 66.4 Å². The van der Waals surface area contributed by atoms with Crippen molar-refractivity contribution in [2.75, 3.05) is 19.7 Å². The van der Waals surface area contributed by atoms with Crippen LogP contribution in [0.5, 0.6) is 11.5 Å². The summed E-state index contributed by atoms with van der Waals surface area (Å²) < 4.78 is 16.6. The Morgan fingerprint density at radius 3 is 2.46 bits per heavy atom. The Morgan fingerprint density at radius 2 is 1.74 bits per heavy atom. The fraction of sp³-hybridized carbons (Fsp3) is 0.593. The number of fused-ring (bicyclic) bond motifs is 3. The van der Waals surface area contributed by atoms with Crippen molar-refractivity contribution in [3.8, 4) is 34.4 Å². The number of piperidine rings is 1. The lowest BCUT2D eigenvalue weighted by Gasteiger charge is -2.36. The average molecular weight is 479 g/mol. The summed E-state index contributed by atoms with van der Waals surface area (Å²) in [6.45, 7) is 16.5. The number of rotatable bonds is 6. The van der Waals surface area contributed by atoms with E-state index in [4.69, 9.17) is 14.5 Å². The fourth-order valence-electron chi connectivity index (χ4n) is 5.22. The van der Waals surface area contributed by atoms with Gasteiger partial charge in [0.1, 0.15) is 35.4 Å². The van der Waals surface area contributed by atoms with Crippen LogP contribution in [0.2, 0.25) is 0 Å². The molecule has 0 radical (unpaired) electrons. The largest absolute Gasteiger partial charge is 0.491 e. The zero-order valence-corrected chi connectivity index (χ0v) is 21.9. The van der Waals surface area contributed by atoms with Crippen LogP contribution in [0.3, 0.4) is 0 Å². The van der Waals surface area contributed by atoms with Gasteiger partial charge in [0.25, 0.3) is 0 Å². The molecule has 3 aromatic rings. The molecule has 4 heterocycles. The molecule has 8 nitrogen and oxygen atoms in total. The Balaban J connectivity index is 1.36. The van der Waals surface area contributed by atoms with Gasteiger partial charge in [-0.3, -0.25) is 0 Å². The zero-order valence-electron chi connectivity index (χ0n) is 21.9. The normalized spacial score (nSPS) is 17.7. The standard InChI is InChI=1S/C27H38N6O2/c1-17(2)31-11-9-21(10-12-31)19(5)35-22-7-8-23-25(15-22)34-14-13-32-16-24(29-26(23)32)27-28-20(6)30-33(27)18(3)4/h7-8,15-19,21H,9-14H2,1-6H3. The maximum Gasteiger partial charge on any atom is 0.178 e. The highest BCUT2D eigenvalue weighted by Gasteiger charge is 2.27. The second-order valence-electron chi connectivity index (χ2n) is 10.5. The van der Waals surface area contributed by atoms with E-state index in [0.29, 0.717) is 18.6 Å². The quantitative estimate of drug-likeness (QED) is 0.498. The zero-order chi connectivity index (χ0) is 24.7. The third-order valence-corrected chi connectivity index (χ3v) is 7.31. The number of aromatic nitrogens is 5. The Labute approximate surface area is 208 Å². The summed E-state index contributed by atoms with van der Waals surface area (Å²) in [4.78, 5) is 12.2. The van der Waals surface area contributed by atoms with Gasteiger partial charge in [-0.2, -0.15) is 5.10 Å². The summed E-state index contributed by atoms with van der Waals surface area (Å²) in [5, 5.41) is 4.56. The molecule has 1 atom stereocenters. The lowest BCUT2D eigenvalue weighted by molar-refractivity contribution is 0.0756. The van der Waals surface area contributed by atoms with Gasteiger partial charge < -0.3 is 18.9 Å². The molecule has 0 amide bonds. The average Bonchev–Trinajstić information content (AvgIpc) is 3.39. The van der Waals surface area contributed by atoms with Crippen LogP contribution in [0.15, 0.2) is 24.4 Å². The van der Waals surface area contributed by atoms with Crippen LogP contribution < -0.4 is 9.47 Å². The third kappa shape index (κ3) is 4.81. The Kier molecular flexibility index (Phi) is 6.57. The number of nitrogens with zero attached hydrogens (tertiary/aromatic N) is 6. The molecule has 0 saturated carbocycles. The van der Waals surface area contributed by atoms with Crippen LogP contribution in [-0.2, 0) is 6.54 Å². The topological polar surface area (TPSA) is 70.2 Å². The summed E-state index contributed by atoms with van der Waals surface area (Å²) in [5.41, 5.74) is 1.81. The van der Waals surface area contributed by atoms with Crippen LogP contribution in [0.4, 0.5) is 0 Å². The van der Waals surface area contributed by atoms with Crippen molar-refractivity contribution in [3.05, 3.63) is 30.2 Å². The van der Waals surface area contributed by atoms with Crippen LogP contribution in [0.1, 0.15) is 59.3 Å². The number of hydrogen-bond acceptors (Lipinski definition) is 6. The monoisotopic (exact) mass is 478 g/mol. The molecule has 2 aliphatic heterocycles. The van der Waals surface area contributed by atoms with Gasteiger partial charge in [-0.05, 0) is 85.5 Å². The van der Waals surface area contributed by atoms with Gasteiger partial charge in [-0.25, -0.2) is 14.6 Å². The first kappa shape index (κ1) is 23.9. The molecule has 1 fully saturated rings. The SMILES string of the molecule is Cc1nc(-c2cn3c(n2)-c2ccc(OC(C)C4CCN(C(C)C)CC4)cc2OCC3)n(C(C)C)n1. The van der Waals surface area contributed by atoms with Crippen molar-refractivity contribution in [1.82, 2.24) is 29.2 Å². The Morgan fingerprint density at radius 1 is 0.971 bits per heavy atom. The van der Waals surface area contributed by atoms with Gasteiger partial charge in [0.2, 0.25) is 0 Å². The number of imidazole rings is 1. The number of likely N-dealkylation sites (tertiary alicyclic amines) is 1. The predicted octanol–water partition coefficient (Wildman–Crippen LogP) is 4.98. The Hall–Kier alpha value is -2.87. The molecular weight excluding hydrogens is 440 g/mol. The van der Waals surface area contributed by atoms with E-state index >= 15 is 0 Å². The van der Waals surface area contributed by atoms with Crippen molar-refractivity contribution >= 4 is 0 Å². The molecule has 2 aliphatic rings. The van der Waals surface area contributed by atoms with Crippen molar-refractivity contribution in [1.29, 1.82) is 0 Å². The Bertz CT molecular complexity index is 1170. The number of benzene rings is 1. The van der Waals surface area contributed by atoms with Gasteiger partial charge in [-0.1, -0.05) is 0 Å². The molecule has 0 aliphatic carbocycles. The number of aryl methyl sites for hydroxylation is 1. The molecular formula is C27H38N6O2. The molecule has 0 N–H and O–H groups in total. The van der Waals surface area contributed by atoms with E-state index in [9.17, 15) is 0 Å². The molecule has 8 heteroatoms. The molecule has 1 aromatic carbocycles. The minimum absolute atomic E-state index is 0.173. The summed E-state index contributed by atoms with van der Waals surface area (Å²) in [6, 6.07) is 6.98. The van der Waals surface area contributed by atoms with E-state index in [-0.39, 0.29) is 12.1 Å². The summed E-state index contributed by atoms with van der Waals surface area (Å²) in [7, 11) is 0. The molecule has 35 heavy (non-hydrogen) atoms. The van der Waals surface area contributed by atoms with Crippen molar-refractivity contribution in [2.45, 2.75) is 79.1 Å². The minimum Gasteiger partial charge on any atom is -0.491 e. The van der Waals surface area contributed by atoms with Crippen LogP contribution in [0.25, 0.3) is 22.9 Å². The molecule has 5 rings (SSSR count). The van der Waals surface area contributed by atoms with Gasteiger partial charge >= 0.3 is 0 Å². The first-order valence-corrected chi connectivity index (χ1v) is 13.0. The highest BCUT2D eigenvalue weighted by atomic mass is 16.5.